The lowest BCUT2D eigenvalue weighted by Gasteiger charge is -2.05. The van der Waals surface area contributed by atoms with Crippen molar-refractivity contribution in [1.29, 1.82) is 0 Å². The molecule has 0 aliphatic rings. The van der Waals surface area contributed by atoms with Crippen molar-refractivity contribution in [2.75, 3.05) is 12.8 Å². The molecule has 3 nitrogen and oxygen atoms in total. The second kappa shape index (κ2) is 6.45. The molecule has 1 rings (SSSR count). The van der Waals surface area contributed by atoms with Gasteiger partial charge in [0.2, 0.25) is 5.91 Å². The molecule has 0 aliphatic carbocycles. The first-order valence-corrected chi connectivity index (χ1v) is 6.50. The van der Waals surface area contributed by atoms with E-state index in [9.17, 15) is 9.59 Å². The largest absolute Gasteiger partial charge is 0.358 e. The van der Waals surface area contributed by atoms with Crippen LogP contribution in [0.4, 0.5) is 0 Å². The summed E-state index contributed by atoms with van der Waals surface area (Å²) in [7, 11) is 1.62. The van der Waals surface area contributed by atoms with Gasteiger partial charge in [0.1, 0.15) is 0 Å². The van der Waals surface area contributed by atoms with Gasteiger partial charge in [-0.25, -0.2) is 0 Å². The predicted molar refractivity (Wildman–Crippen MR) is 70.4 cm³/mol. The summed E-state index contributed by atoms with van der Waals surface area (Å²) >= 11 is 1.46. The highest BCUT2D eigenvalue weighted by Crippen LogP contribution is 2.19. The van der Waals surface area contributed by atoms with Crippen LogP contribution in [0.15, 0.2) is 29.2 Å². The summed E-state index contributed by atoms with van der Waals surface area (Å²) in [6.45, 7) is 3.77. The molecule has 0 aromatic heterocycles. The van der Waals surface area contributed by atoms with Crippen molar-refractivity contribution in [3.63, 3.8) is 0 Å². The van der Waals surface area contributed by atoms with Gasteiger partial charge in [-0.1, -0.05) is 26.0 Å². The van der Waals surface area contributed by atoms with Crippen LogP contribution in [0.2, 0.25) is 0 Å². The van der Waals surface area contributed by atoms with Crippen molar-refractivity contribution in [3.8, 4) is 0 Å². The number of thioether (sulfide) groups is 1. The van der Waals surface area contributed by atoms with Gasteiger partial charge in [-0.2, -0.15) is 0 Å². The molecule has 0 saturated carbocycles. The standard InChI is InChI=1S/C13H17NO2S/c1-9(2)13(16)10-4-6-11(7-5-10)17-8-12(15)14-3/h4-7,9H,8H2,1-3H3,(H,14,15). The number of amides is 1. The Balaban J connectivity index is 2.62. The molecule has 0 atom stereocenters. The molecule has 1 amide bonds. The first-order valence-electron chi connectivity index (χ1n) is 5.52. The number of hydrogen-bond donors (Lipinski definition) is 1. The van der Waals surface area contributed by atoms with Crippen LogP contribution < -0.4 is 5.32 Å². The van der Waals surface area contributed by atoms with E-state index in [0.29, 0.717) is 5.75 Å². The molecule has 1 aromatic rings. The Labute approximate surface area is 106 Å². The molecule has 0 saturated heterocycles. The lowest BCUT2D eigenvalue weighted by Crippen LogP contribution is -2.19. The number of carbonyl (C=O) groups is 2. The summed E-state index contributed by atoms with van der Waals surface area (Å²) in [5.74, 6) is 0.554. The summed E-state index contributed by atoms with van der Waals surface area (Å²) in [5, 5.41) is 2.57. The van der Waals surface area contributed by atoms with Gasteiger partial charge in [0.15, 0.2) is 5.78 Å². The van der Waals surface area contributed by atoms with Gasteiger partial charge in [-0.15, -0.1) is 11.8 Å². The Morgan fingerprint density at radius 1 is 1.24 bits per heavy atom. The van der Waals surface area contributed by atoms with Crippen molar-refractivity contribution >= 4 is 23.5 Å². The van der Waals surface area contributed by atoms with E-state index in [1.54, 1.807) is 7.05 Å². The molecular formula is C13H17NO2S. The van der Waals surface area contributed by atoms with Crippen molar-refractivity contribution in [2.45, 2.75) is 18.7 Å². The summed E-state index contributed by atoms with van der Waals surface area (Å²) in [6, 6.07) is 7.38. The zero-order valence-corrected chi connectivity index (χ0v) is 11.1. The molecule has 92 valence electrons. The summed E-state index contributed by atoms with van der Waals surface area (Å²) in [4.78, 5) is 23.8. The third-order valence-corrected chi connectivity index (χ3v) is 3.32. The van der Waals surface area contributed by atoms with E-state index < -0.39 is 0 Å². The highest BCUT2D eigenvalue weighted by Gasteiger charge is 2.10. The second-order valence-electron chi connectivity index (χ2n) is 4.01. The van der Waals surface area contributed by atoms with E-state index in [1.165, 1.54) is 11.8 Å². The number of Topliss-reactive ketones (excluding diaryl/α,β-unsaturated/α-hetero) is 1. The Kier molecular flexibility index (Phi) is 5.22. The normalized spacial score (nSPS) is 10.4. The van der Waals surface area contributed by atoms with Crippen LogP contribution in [0, 0.1) is 5.92 Å². The summed E-state index contributed by atoms with van der Waals surface area (Å²) in [5.41, 5.74) is 0.726. The van der Waals surface area contributed by atoms with Gasteiger partial charge in [0.05, 0.1) is 5.75 Å². The monoisotopic (exact) mass is 251 g/mol. The SMILES string of the molecule is CNC(=O)CSc1ccc(C(=O)C(C)C)cc1. The lowest BCUT2D eigenvalue weighted by atomic mass is 10.0. The van der Waals surface area contributed by atoms with E-state index in [2.05, 4.69) is 5.32 Å². The number of ketones is 1. The smallest absolute Gasteiger partial charge is 0.230 e. The minimum absolute atomic E-state index is 0.00247. The van der Waals surface area contributed by atoms with Gasteiger partial charge >= 0.3 is 0 Å². The molecule has 4 heteroatoms. The number of rotatable bonds is 5. The lowest BCUT2D eigenvalue weighted by molar-refractivity contribution is -0.118. The van der Waals surface area contributed by atoms with E-state index in [4.69, 9.17) is 0 Å². The van der Waals surface area contributed by atoms with Crippen molar-refractivity contribution in [1.82, 2.24) is 5.32 Å². The Morgan fingerprint density at radius 3 is 2.29 bits per heavy atom. The van der Waals surface area contributed by atoms with Gasteiger partial charge in [0.25, 0.3) is 0 Å². The molecule has 1 aromatic carbocycles. The summed E-state index contributed by atoms with van der Waals surface area (Å²) in [6.07, 6.45) is 0. The second-order valence-corrected chi connectivity index (χ2v) is 5.05. The molecule has 17 heavy (non-hydrogen) atoms. The minimum Gasteiger partial charge on any atom is -0.358 e. The quantitative estimate of drug-likeness (QED) is 0.645. The number of carbonyl (C=O) groups excluding carboxylic acids is 2. The average molecular weight is 251 g/mol. The van der Waals surface area contributed by atoms with E-state index >= 15 is 0 Å². The van der Waals surface area contributed by atoms with Crippen LogP contribution in [0.3, 0.4) is 0 Å². The molecule has 0 unspecified atom stereocenters. The summed E-state index contributed by atoms with van der Waals surface area (Å²) < 4.78 is 0. The Hall–Kier alpha value is -1.29. The Morgan fingerprint density at radius 2 is 1.82 bits per heavy atom. The zero-order chi connectivity index (χ0) is 12.8. The van der Waals surface area contributed by atoms with Gasteiger partial charge in [-0.3, -0.25) is 9.59 Å². The maximum Gasteiger partial charge on any atom is 0.230 e. The van der Waals surface area contributed by atoms with Gasteiger partial charge < -0.3 is 5.32 Å². The number of hydrogen-bond acceptors (Lipinski definition) is 3. The highest BCUT2D eigenvalue weighted by molar-refractivity contribution is 8.00. The van der Waals surface area contributed by atoms with Crippen LogP contribution in [0.25, 0.3) is 0 Å². The van der Waals surface area contributed by atoms with Gasteiger partial charge in [0, 0.05) is 23.4 Å². The predicted octanol–water partition coefficient (Wildman–Crippen LogP) is 2.36. The number of benzene rings is 1. The number of nitrogens with one attached hydrogen (secondary N) is 1. The molecular weight excluding hydrogens is 234 g/mol. The fourth-order valence-electron chi connectivity index (χ4n) is 1.27. The maximum absolute atomic E-state index is 11.7. The fourth-order valence-corrected chi connectivity index (χ4v) is 2.04. The van der Waals surface area contributed by atoms with Crippen LogP contribution in [0.5, 0.6) is 0 Å². The maximum atomic E-state index is 11.7. The fraction of sp³-hybridized carbons (Fsp3) is 0.385. The molecule has 0 spiro atoms. The molecule has 0 bridgehead atoms. The van der Waals surface area contributed by atoms with Gasteiger partial charge in [-0.05, 0) is 12.1 Å². The third kappa shape index (κ3) is 4.23. The first kappa shape index (κ1) is 13.8. The van der Waals surface area contributed by atoms with Crippen molar-refractivity contribution < 1.29 is 9.59 Å². The van der Waals surface area contributed by atoms with Crippen LogP contribution in [-0.2, 0) is 4.79 Å². The zero-order valence-electron chi connectivity index (χ0n) is 10.3. The van der Waals surface area contributed by atoms with Crippen LogP contribution in [-0.4, -0.2) is 24.5 Å². The Bertz CT molecular complexity index is 398. The first-order chi connectivity index (χ1) is 8.04. The average Bonchev–Trinajstić information content (AvgIpc) is 2.35. The van der Waals surface area contributed by atoms with E-state index in [0.717, 1.165) is 10.5 Å². The minimum atomic E-state index is -0.00247. The van der Waals surface area contributed by atoms with Crippen LogP contribution >= 0.6 is 11.8 Å². The van der Waals surface area contributed by atoms with Crippen LogP contribution in [0.1, 0.15) is 24.2 Å². The van der Waals surface area contributed by atoms with Crippen molar-refractivity contribution in [3.05, 3.63) is 29.8 Å². The third-order valence-electron chi connectivity index (χ3n) is 2.31. The molecule has 0 fully saturated rings. The highest BCUT2D eigenvalue weighted by atomic mass is 32.2. The topological polar surface area (TPSA) is 46.2 Å². The van der Waals surface area contributed by atoms with Crippen molar-refractivity contribution in [2.24, 2.45) is 5.92 Å². The van der Waals surface area contributed by atoms with E-state index in [1.807, 2.05) is 38.1 Å². The van der Waals surface area contributed by atoms with E-state index in [-0.39, 0.29) is 17.6 Å². The molecule has 0 radical (unpaired) electrons. The molecule has 0 aliphatic heterocycles. The molecule has 1 N–H and O–H groups in total. The molecule has 0 heterocycles.